The van der Waals surface area contributed by atoms with Crippen LogP contribution in [0.5, 0.6) is 0 Å². The van der Waals surface area contributed by atoms with Crippen molar-refractivity contribution in [3.05, 3.63) is 35.9 Å². The minimum absolute atomic E-state index is 0.161. The first-order valence-corrected chi connectivity index (χ1v) is 6.37. The van der Waals surface area contributed by atoms with Gasteiger partial charge in [0.05, 0.1) is 5.92 Å². The summed E-state index contributed by atoms with van der Waals surface area (Å²) in [7, 11) is 0. The van der Waals surface area contributed by atoms with Gasteiger partial charge in [-0.2, -0.15) is 0 Å². The van der Waals surface area contributed by atoms with Crippen LogP contribution in [-0.4, -0.2) is 11.6 Å². The Hall–Kier alpha value is -1.44. The van der Waals surface area contributed by atoms with Crippen molar-refractivity contribution < 1.29 is 9.59 Å². The Morgan fingerprint density at radius 3 is 2.29 bits per heavy atom. The fraction of sp³-hybridized carbons (Fsp3) is 0.467. The zero-order chi connectivity index (χ0) is 12.1. The summed E-state index contributed by atoms with van der Waals surface area (Å²) in [5.74, 6) is 0.0242. The smallest absolute Gasteiger partial charge is 0.143 e. The Bertz CT molecular complexity index is 379. The second kappa shape index (κ2) is 5.76. The van der Waals surface area contributed by atoms with Crippen molar-refractivity contribution in [2.45, 2.75) is 38.5 Å². The van der Waals surface area contributed by atoms with Gasteiger partial charge in [0.2, 0.25) is 0 Å². The molecule has 2 heteroatoms. The maximum absolute atomic E-state index is 11.6. The van der Waals surface area contributed by atoms with Crippen LogP contribution in [0.1, 0.15) is 37.7 Å². The standard InChI is InChI=1S/C15H18O2/c16-14-10-5-11-15(17)13(14)9-4-8-12-6-2-1-3-7-12/h1-3,6-7,13H,4-5,8-11H2. The Morgan fingerprint density at radius 1 is 1.00 bits per heavy atom. The molecule has 0 radical (unpaired) electrons. The molecule has 0 heterocycles. The van der Waals surface area contributed by atoms with Crippen molar-refractivity contribution in [3.63, 3.8) is 0 Å². The molecule has 1 aliphatic rings. The van der Waals surface area contributed by atoms with Gasteiger partial charge in [-0.05, 0) is 31.2 Å². The highest BCUT2D eigenvalue weighted by Gasteiger charge is 2.28. The molecule has 0 atom stereocenters. The van der Waals surface area contributed by atoms with E-state index in [0.29, 0.717) is 12.8 Å². The largest absolute Gasteiger partial charge is 0.299 e. The number of ketones is 2. The van der Waals surface area contributed by atoms with E-state index in [1.165, 1.54) is 5.56 Å². The summed E-state index contributed by atoms with van der Waals surface area (Å²) in [6.07, 6.45) is 4.56. The topological polar surface area (TPSA) is 34.1 Å². The van der Waals surface area contributed by atoms with Crippen LogP contribution in [0.15, 0.2) is 30.3 Å². The van der Waals surface area contributed by atoms with Crippen LogP contribution in [0.3, 0.4) is 0 Å². The normalized spacial score (nSPS) is 17.4. The van der Waals surface area contributed by atoms with Crippen molar-refractivity contribution in [1.29, 1.82) is 0 Å². The third-order valence-corrected chi connectivity index (χ3v) is 3.42. The summed E-state index contributed by atoms with van der Waals surface area (Å²) in [4.78, 5) is 23.3. The number of carbonyl (C=O) groups excluding carboxylic acids is 2. The van der Waals surface area contributed by atoms with Gasteiger partial charge in [0.25, 0.3) is 0 Å². The maximum Gasteiger partial charge on any atom is 0.143 e. The quantitative estimate of drug-likeness (QED) is 0.745. The lowest BCUT2D eigenvalue weighted by Crippen LogP contribution is -2.28. The van der Waals surface area contributed by atoms with Gasteiger partial charge in [0.15, 0.2) is 0 Å². The van der Waals surface area contributed by atoms with Gasteiger partial charge in [0.1, 0.15) is 11.6 Å². The number of Topliss-reactive ketones (excluding diaryl/α,β-unsaturated/α-hetero) is 2. The highest BCUT2D eigenvalue weighted by atomic mass is 16.2. The molecular weight excluding hydrogens is 212 g/mol. The third-order valence-electron chi connectivity index (χ3n) is 3.42. The van der Waals surface area contributed by atoms with E-state index >= 15 is 0 Å². The lowest BCUT2D eigenvalue weighted by atomic mass is 9.83. The number of carbonyl (C=O) groups is 2. The second-order valence-electron chi connectivity index (χ2n) is 4.72. The monoisotopic (exact) mass is 230 g/mol. The summed E-state index contributed by atoms with van der Waals surface area (Å²) >= 11 is 0. The lowest BCUT2D eigenvalue weighted by molar-refractivity contribution is -0.135. The molecule has 0 unspecified atom stereocenters. The molecule has 90 valence electrons. The molecule has 1 fully saturated rings. The molecule has 0 amide bonds. The molecular formula is C15H18O2. The van der Waals surface area contributed by atoms with Crippen LogP contribution >= 0.6 is 0 Å². The van der Waals surface area contributed by atoms with Gasteiger partial charge in [-0.15, -0.1) is 0 Å². The number of hydrogen-bond donors (Lipinski definition) is 0. The average Bonchev–Trinajstić information content (AvgIpc) is 2.34. The van der Waals surface area contributed by atoms with E-state index in [1.807, 2.05) is 18.2 Å². The molecule has 1 aromatic rings. The van der Waals surface area contributed by atoms with E-state index in [9.17, 15) is 9.59 Å². The molecule has 0 N–H and O–H groups in total. The third kappa shape index (κ3) is 3.26. The van der Waals surface area contributed by atoms with E-state index in [1.54, 1.807) is 0 Å². The predicted octanol–water partition coefficient (Wildman–Crippen LogP) is 2.95. The van der Waals surface area contributed by atoms with Crippen LogP contribution in [0.25, 0.3) is 0 Å². The number of hydrogen-bond acceptors (Lipinski definition) is 2. The molecule has 2 nitrogen and oxygen atoms in total. The van der Waals surface area contributed by atoms with Crippen LogP contribution in [-0.2, 0) is 16.0 Å². The van der Waals surface area contributed by atoms with Gasteiger partial charge in [-0.3, -0.25) is 9.59 Å². The number of rotatable bonds is 4. The number of benzene rings is 1. The summed E-state index contributed by atoms with van der Waals surface area (Å²) in [5, 5.41) is 0. The van der Waals surface area contributed by atoms with E-state index in [4.69, 9.17) is 0 Å². The van der Waals surface area contributed by atoms with Gasteiger partial charge in [-0.1, -0.05) is 30.3 Å². The molecule has 17 heavy (non-hydrogen) atoms. The molecule has 1 aliphatic carbocycles. The molecule has 0 aliphatic heterocycles. The molecule has 1 saturated carbocycles. The zero-order valence-corrected chi connectivity index (χ0v) is 10.0. The van der Waals surface area contributed by atoms with Gasteiger partial charge >= 0.3 is 0 Å². The number of aryl methyl sites for hydroxylation is 1. The minimum Gasteiger partial charge on any atom is -0.299 e. The zero-order valence-electron chi connectivity index (χ0n) is 10.0. The first kappa shape index (κ1) is 12.0. The second-order valence-corrected chi connectivity index (χ2v) is 4.72. The predicted molar refractivity (Wildman–Crippen MR) is 66.7 cm³/mol. The van der Waals surface area contributed by atoms with Gasteiger partial charge < -0.3 is 0 Å². The van der Waals surface area contributed by atoms with Crippen molar-refractivity contribution >= 4 is 11.6 Å². The first-order chi connectivity index (χ1) is 8.27. The Labute approximate surface area is 102 Å². The van der Waals surface area contributed by atoms with Crippen LogP contribution < -0.4 is 0 Å². The van der Waals surface area contributed by atoms with Crippen molar-refractivity contribution in [3.8, 4) is 0 Å². The molecule has 1 aromatic carbocycles. The molecule has 2 rings (SSSR count). The van der Waals surface area contributed by atoms with Crippen molar-refractivity contribution in [2.24, 2.45) is 5.92 Å². The molecule has 0 aromatic heterocycles. The minimum atomic E-state index is -0.299. The highest BCUT2D eigenvalue weighted by molar-refractivity contribution is 6.04. The first-order valence-electron chi connectivity index (χ1n) is 6.37. The average molecular weight is 230 g/mol. The van der Waals surface area contributed by atoms with Gasteiger partial charge in [-0.25, -0.2) is 0 Å². The summed E-state index contributed by atoms with van der Waals surface area (Å²) in [6.45, 7) is 0. The van der Waals surface area contributed by atoms with Gasteiger partial charge in [0, 0.05) is 12.8 Å². The van der Waals surface area contributed by atoms with E-state index < -0.39 is 0 Å². The molecule has 0 bridgehead atoms. The molecule has 0 spiro atoms. The summed E-state index contributed by atoms with van der Waals surface area (Å²) in [5.41, 5.74) is 1.28. The molecule has 0 saturated heterocycles. The highest BCUT2D eigenvalue weighted by Crippen LogP contribution is 2.22. The lowest BCUT2D eigenvalue weighted by Gasteiger charge is -2.18. The van der Waals surface area contributed by atoms with Crippen molar-refractivity contribution in [2.75, 3.05) is 0 Å². The summed E-state index contributed by atoms with van der Waals surface area (Å²) < 4.78 is 0. The van der Waals surface area contributed by atoms with E-state index in [0.717, 1.165) is 25.7 Å². The van der Waals surface area contributed by atoms with Crippen LogP contribution in [0.2, 0.25) is 0 Å². The summed E-state index contributed by atoms with van der Waals surface area (Å²) in [6, 6.07) is 10.2. The SMILES string of the molecule is O=C1CCCC(=O)C1CCCc1ccccc1. The maximum atomic E-state index is 11.6. The van der Waals surface area contributed by atoms with E-state index in [2.05, 4.69) is 12.1 Å². The Balaban J connectivity index is 1.81. The van der Waals surface area contributed by atoms with Crippen molar-refractivity contribution in [1.82, 2.24) is 0 Å². The Morgan fingerprint density at radius 2 is 1.65 bits per heavy atom. The van der Waals surface area contributed by atoms with Crippen LogP contribution in [0, 0.1) is 5.92 Å². The van der Waals surface area contributed by atoms with E-state index in [-0.39, 0.29) is 17.5 Å². The fourth-order valence-corrected chi connectivity index (χ4v) is 2.44. The Kier molecular flexibility index (Phi) is 4.08. The fourth-order valence-electron chi connectivity index (χ4n) is 2.44. The van der Waals surface area contributed by atoms with Crippen LogP contribution in [0.4, 0.5) is 0 Å².